The Morgan fingerprint density at radius 2 is 1.61 bits per heavy atom. The number of nitrogens with zero attached hydrogens (tertiary/aromatic N) is 1. The maximum absolute atomic E-state index is 13.1. The van der Waals surface area contributed by atoms with Crippen LogP contribution in [0.25, 0.3) is 0 Å². The van der Waals surface area contributed by atoms with Crippen molar-refractivity contribution in [2.75, 3.05) is 26.3 Å². The van der Waals surface area contributed by atoms with E-state index < -0.39 is 11.7 Å². The standard InChI is InChI=1S/C36H57NO7/c1-21-19-26(32(5,6)44-22(2)38)42-28-27(21)33(7)13-14-36-20-35(36)12-11-25(43-30(40)37-15-17-41-18-16-37)31(3,4)23(35)9-10-24(36)34(33,8)29(28)39/h21,23-29,39H,9-20H2,1-8H3/t21-,23+,24?,25?,26?,27+,28?,29+,33-,34-,35-,36+/m1/s1. The second kappa shape index (κ2) is 9.82. The van der Waals surface area contributed by atoms with Gasteiger partial charge in [-0.25, -0.2) is 4.79 Å². The van der Waals surface area contributed by atoms with Crippen molar-refractivity contribution in [3.63, 3.8) is 0 Å². The van der Waals surface area contributed by atoms with Gasteiger partial charge in [0.2, 0.25) is 0 Å². The maximum Gasteiger partial charge on any atom is 0.410 e. The van der Waals surface area contributed by atoms with E-state index in [9.17, 15) is 14.7 Å². The lowest BCUT2D eigenvalue weighted by Gasteiger charge is -2.63. The van der Waals surface area contributed by atoms with E-state index in [2.05, 4.69) is 34.6 Å². The van der Waals surface area contributed by atoms with Crippen LogP contribution in [0, 0.1) is 50.7 Å². The first-order chi connectivity index (χ1) is 20.5. The molecule has 7 aliphatic rings. The summed E-state index contributed by atoms with van der Waals surface area (Å²) in [6, 6.07) is 0. The van der Waals surface area contributed by atoms with Crippen molar-refractivity contribution in [1.82, 2.24) is 4.90 Å². The summed E-state index contributed by atoms with van der Waals surface area (Å²) in [7, 11) is 0. The van der Waals surface area contributed by atoms with Crippen molar-refractivity contribution in [3.05, 3.63) is 0 Å². The molecule has 2 saturated heterocycles. The third-order valence-electron chi connectivity index (χ3n) is 15.4. The lowest BCUT2D eigenvalue weighted by atomic mass is 9.41. The van der Waals surface area contributed by atoms with Crippen LogP contribution in [-0.4, -0.2) is 78.4 Å². The Balaban J connectivity index is 1.14. The number of amides is 1. The van der Waals surface area contributed by atoms with Crippen molar-refractivity contribution in [2.24, 2.45) is 50.7 Å². The van der Waals surface area contributed by atoms with E-state index in [-0.39, 0.29) is 63.4 Å². The Hall–Kier alpha value is -1.38. The van der Waals surface area contributed by atoms with E-state index in [1.807, 2.05) is 18.7 Å². The summed E-state index contributed by atoms with van der Waals surface area (Å²) < 4.78 is 24.4. The summed E-state index contributed by atoms with van der Waals surface area (Å²) in [6.07, 6.45) is 7.40. The predicted molar refractivity (Wildman–Crippen MR) is 165 cm³/mol. The molecule has 0 aromatic rings. The predicted octanol–water partition coefficient (Wildman–Crippen LogP) is 5.98. The highest BCUT2D eigenvalue weighted by Crippen LogP contribution is 2.89. The summed E-state index contributed by atoms with van der Waals surface area (Å²) in [5, 5.41) is 12.5. The first-order valence-corrected chi connectivity index (χ1v) is 17.6. The molecule has 0 aromatic heterocycles. The third kappa shape index (κ3) is 3.91. The summed E-state index contributed by atoms with van der Waals surface area (Å²) in [6.45, 7) is 19.7. The van der Waals surface area contributed by atoms with E-state index in [0.29, 0.717) is 44.1 Å². The van der Waals surface area contributed by atoms with Gasteiger partial charge in [0.1, 0.15) is 11.7 Å². The molecule has 7 rings (SSSR count). The molecular weight excluding hydrogens is 558 g/mol. The van der Waals surface area contributed by atoms with E-state index in [0.717, 1.165) is 38.5 Å². The second-order valence-corrected chi connectivity index (χ2v) is 17.7. The zero-order valence-corrected chi connectivity index (χ0v) is 28.4. The zero-order valence-electron chi connectivity index (χ0n) is 28.4. The van der Waals surface area contributed by atoms with Crippen LogP contribution in [0.5, 0.6) is 0 Å². The molecule has 4 unspecified atom stereocenters. The summed E-state index contributed by atoms with van der Waals surface area (Å²) in [4.78, 5) is 26.9. The molecule has 8 nitrogen and oxygen atoms in total. The Bertz CT molecular complexity index is 1200. The van der Waals surface area contributed by atoms with Gasteiger partial charge in [-0.3, -0.25) is 4.79 Å². The normalized spacial score (nSPS) is 50.7. The van der Waals surface area contributed by atoms with Gasteiger partial charge in [0.25, 0.3) is 0 Å². The number of morpholine rings is 1. The minimum atomic E-state index is -0.740. The molecule has 44 heavy (non-hydrogen) atoms. The molecule has 248 valence electrons. The van der Waals surface area contributed by atoms with E-state index >= 15 is 0 Å². The van der Waals surface area contributed by atoms with Crippen LogP contribution >= 0.6 is 0 Å². The number of esters is 1. The van der Waals surface area contributed by atoms with Gasteiger partial charge < -0.3 is 29.0 Å². The fourth-order valence-electron chi connectivity index (χ4n) is 13.3. The Morgan fingerprint density at radius 3 is 2.30 bits per heavy atom. The number of aliphatic hydroxyl groups is 1. The van der Waals surface area contributed by atoms with E-state index in [4.69, 9.17) is 18.9 Å². The van der Waals surface area contributed by atoms with Crippen molar-refractivity contribution in [2.45, 2.75) is 137 Å². The largest absolute Gasteiger partial charge is 0.457 e. The minimum absolute atomic E-state index is 0.0139. The van der Waals surface area contributed by atoms with Crippen molar-refractivity contribution < 1.29 is 33.6 Å². The zero-order chi connectivity index (χ0) is 31.7. The molecule has 5 saturated carbocycles. The number of aliphatic hydroxyl groups excluding tert-OH is 1. The number of fused-ring (bicyclic) bond motifs is 4. The highest BCUT2D eigenvalue weighted by Gasteiger charge is 2.84. The van der Waals surface area contributed by atoms with Crippen LogP contribution in [0.2, 0.25) is 0 Å². The van der Waals surface area contributed by atoms with Gasteiger partial charge in [-0.2, -0.15) is 0 Å². The smallest absolute Gasteiger partial charge is 0.410 e. The quantitative estimate of drug-likeness (QED) is 0.391. The molecule has 12 atom stereocenters. The highest BCUT2D eigenvalue weighted by atomic mass is 16.6. The van der Waals surface area contributed by atoms with E-state index in [1.165, 1.54) is 19.8 Å². The van der Waals surface area contributed by atoms with Gasteiger partial charge in [-0.1, -0.05) is 34.6 Å². The van der Waals surface area contributed by atoms with Crippen LogP contribution in [0.3, 0.4) is 0 Å². The first-order valence-electron chi connectivity index (χ1n) is 17.6. The fraction of sp³-hybridized carbons (Fsp3) is 0.944. The minimum Gasteiger partial charge on any atom is -0.457 e. The number of rotatable bonds is 3. The number of carbonyl (C=O) groups excluding carboxylic acids is 2. The van der Waals surface area contributed by atoms with Crippen LogP contribution in [0.4, 0.5) is 4.79 Å². The van der Waals surface area contributed by atoms with Crippen LogP contribution in [0.15, 0.2) is 0 Å². The molecule has 1 N–H and O–H groups in total. The Morgan fingerprint density at radius 1 is 0.955 bits per heavy atom. The third-order valence-corrected chi connectivity index (χ3v) is 15.4. The lowest BCUT2D eigenvalue weighted by Crippen LogP contribution is -2.60. The van der Waals surface area contributed by atoms with Crippen LogP contribution < -0.4 is 0 Å². The van der Waals surface area contributed by atoms with Gasteiger partial charge in [0, 0.05) is 30.8 Å². The van der Waals surface area contributed by atoms with Crippen LogP contribution in [0.1, 0.15) is 107 Å². The van der Waals surface area contributed by atoms with Gasteiger partial charge >= 0.3 is 12.1 Å². The average molecular weight is 616 g/mol. The summed E-state index contributed by atoms with van der Waals surface area (Å²) in [5.74, 6) is 1.32. The Labute approximate surface area is 264 Å². The number of ether oxygens (including phenoxy) is 4. The van der Waals surface area contributed by atoms with Crippen LogP contribution in [-0.2, 0) is 23.7 Å². The molecule has 2 aliphatic heterocycles. The van der Waals surface area contributed by atoms with Crippen molar-refractivity contribution in [3.8, 4) is 0 Å². The SMILES string of the molecule is CC(=O)OC(C)(C)C1C[C@@H](C)[C@H]2C(O1)[C@H](O)[C@@]1(C)C3CC[C@H]4C(C)(C)C(OC(=O)N5CCOCC5)CC[C@@]45C[C@@]35CC[C@]21C. The van der Waals surface area contributed by atoms with Crippen molar-refractivity contribution in [1.29, 1.82) is 0 Å². The molecule has 8 heteroatoms. The van der Waals surface area contributed by atoms with Gasteiger partial charge in [-0.05, 0) is 105 Å². The van der Waals surface area contributed by atoms with Crippen molar-refractivity contribution >= 4 is 12.1 Å². The van der Waals surface area contributed by atoms with Gasteiger partial charge in [0.05, 0.1) is 31.5 Å². The maximum atomic E-state index is 13.1. The molecule has 7 fully saturated rings. The topological polar surface area (TPSA) is 94.5 Å². The summed E-state index contributed by atoms with van der Waals surface area (Å²) in [5.41, 5.74) is -0.574. The molecule has 1 amide bonds. The summed E-state index contributed by atoms with van der Waals surface area (Å²) >= 11 is 0. The molecule has 2 heterocycles. The monoisotopic (exact) mass is 615 g/mol. The first kappa shape index (κ1) is 31.2. The highest BCUT2D eigenvalue weighted by molar-refractivity contribution is 5.68. The van der Waals surface area contributed by atoms with E-state index in [1.54, 1.807) is 0 Å². The molecule has 2 spiro atoms. The fourth-order valence-corrected chi connectivity index (χ4v) is 13.3. The molecule has 5 aliphatic carbocycles. The Kier molecular flexibility index (Phi) is 6.97. The molecular formula is C36H57NO7. The van der Waals surface area contributed by atoms with Gasteiger partial charge in [-0.15, -0.1) is 0 Å². The number of carbonyl (C=O) groups is 2. The molecule has 0 bridgehead atoms. The second-order valence-electron chi connectivity index (χ2n) is 17.7. The number of hydrogen-bond donors (Lipinski definition) is 1. The molecule has 0 radical (unpaired) electrons. The number of hydrogen-bond acceptors (Lipinski definition) is 7. The average Bonchev–Trinajstić information content (AvgIpc) is 3.59. The lowest BCUT2D eigenvalue weighted by molar-refractivity contribution is -0.210. The van der Waals surface area contributed by atoms with Gasteiger partial charge in [0.15, 0.2) is 0 Å². The molecule has 0 aromatic carbocycles.